The molecule has 0 spiro atoms. The highest BCUT2D eigenvalue weighted by Crippen LogP contribution is 2.15. The standard InChI is InChI=1S/C10H11BrN2O2/c1-14-9-8(5-3-4-6-11)7-12-10(13-9)15-2/h7H,4,6H2,1-2H3. The van der Waals surface area contributed by atoms with E-state index in [1.807, 2.05) is 0 Å². The number of halogens is 1. The molecule has 0 aliphatic carbocycles. The van der Waals surface area contributed by atoms with Crippen LogP contribution in [-0.2, 0) is 0 Å². The maximum Gasteiger partial charge on any atom is 0.319 e. The Morgan fingerprint density at radius 1 is 1.40 bits per heavy atom. The SMILES string of the molecule is COc1ncc(C#CCCBr)c(OC)n1. The quantitative estimate of drug-likeness (QED) is 0.619. The summed E-state index contributed by atoms with van der Waals surface area (Å²) >= 11 is 3.30. The molecule has 80 valence electrons. The van der Waals surface area contributed by atoms with Gasteiger partial charge in [0.15, 0.2) is 0 Å². The lowest BCUT2D eigenvalue weighted by atomic mass is 10.3. The number of rotatable bonds is 3. The molecule has 1 rings (SSSR count). The smallest absolute Gasteiger partial charge is 0.319 e. The van der Waals surface area contributed by atoms with Crippen molar-refractivity contribution in [3.05, 3.63) is 11.8 Å². The average molecular weight is 271 g/mol. The van der Waals surface area contributed by atoms with Gasteiger partial charge in [-0.25, -0.2) is 4.98 Å². The van der Waals surface area contributed by atoms with Crippen LogP contribution in [0.4, 0.5) is 0 Å². The topological polar surface area (TPSA) is 44.2 Å². The van der Waals surface area contributed by atoms with Crippen LogP contribution in [0.15, 0.2) is 6.20 Å². The summed E-state index contributed by atoms with van der Waals surface area (Å²) in [4.78, 5) is 7.98. The van der Waals surface area contributed by atoms with Gasteiger partial charge in [0.2, 0.25) is 5.88 Å². The fourth-order valence-corrected chi connectivity index (χ4v) is 1.09. The Morgan fingerprint density at radius 3 is 2.80 bits per heavy atom. The van der Waals surface area contributed by atoms with E-state index in [1.165, 1.54) is 14.2 Å². The van der Waals surface area contributed by atoms with Gasteiger partial charge in [0.05, 0.1) is 20.4 Å². The first-order valence-corrected chi connectivity index (χ1v) is 5.43. The number of hydrogen-bond donors (Lipinski definition) is 0. The van der Waals surface area contributed by atoms with Crippen molar-refractivity contribution in [3.63, 3.8) is 0 Å². The Kier molecular flexibility index (Phi) is 4.91. The molecule has 0 fully saturated rings. The van der Waals surface area contributed by atoms with E-state index in [9.17, 15) is 0 Å². The number of hydrogen-bond acceptors (Lipinski definition) is 4. The Labute approximate surface area is 97.2 Å². The molecule has 0 amide bonds. The minimum Gasteiger partial charge on any atom is -0.480 e. The van der Waals surface area contributed by atoms with E-state index in [1.54, 1.807) is 6.20 Å². The molecule has 0 radical (unpaired) electrons. The van der Waals surface area contributed by atoms with E-state index in [2.05, 4.69) is 37.7 Å². The first-order valence-electron chi connectivity index (χ1n) is 4.31. The fraction of sp³-hybridized carbons (Fsp3) is 0.400. The summed E-state index contributed by atoms with van der Waals surface area (Å²) in [5, 5.41) is 0.847. The third kappa shape index (κ3) is 3.40. The predicted octanol–water partition coefficient (Wildman–Crippen LogP) is 1.63. The second kappa shape index (κ2) is 6.25. The van der Waals surface area contributed by atoms with E-state index in [0.29, 0.717) is 11.4 Å². The Bertz CT molecular complexity index is 385. The maximum absolute atomic E-state index is 5.07. The number of alkyl halides is 1. The lowest BCUT2D eigenvalue weighted by molar-refractivity contribution is 0.351. The summed E-state index contributed by atoms with van der Waals surface area (Å²) in [6.07, 6.45) is 2.36. The Hall–Kier alpha value is -1.28. The normalized spacial score (nSPS) is 9.00. The minimum absolute atomic E-state index is 0.276. The van der Waals surface area contributed by atoms with Crippen molar-refractivity contribution < 1.29 is 9.47 Å². The zero-order valence-corrected chi connectivity index (χ0v) is 10.2. The molecular formula is C10H11BrN2O2. The third-order valence-corrected chi connectivity index (χ3v) is 1.95. The van der Waals surface area contributed by atoms with Crippen molar-refractivity contribution in [2.75, 3.05) is 19.5 Å². The second-order valence-electron chi connectivity index (χ2n) is 2.52. The molecule has 0 N–H and O–H groups in total. The summed E-state index contributed by atoms with van der Waals surface area (Å²) in [5.41, 5.74) is 0.666. The van der Waals surface area contributed by atoms with Gasteiger partial charge in [-0.3, -0.25) is 0 Å². The van der Waals surface area contributed by atoms with Crippen LogP contribution < -0.4 is 9.47 Å². The van der Waals surface area contributed by atoms with Crippen LogP contribution in [0, 0.1) is 11.8 Å². The summed E-state index contributed by atoms with van der Waals surface area (Å²) in [6.45, 7) is 0. The second-order valence-corrected chi connectivity index (χ2v) is 3.31. The first-order chi connectivity index (χ1) is 7.31. The zero-order chi connectivity index (χ0) is 11.1. The molecule has 0 saturated carbocycles. The molecule has 5 heteroatoms. The Balaban J connectivity index is 2.93. The van der Waals surface area contributed by atoms with Crippen LogP contribution in [0.2, 0.25) is 0 Å². The molecule has 0 aliphatic heterocycles. The summed E-state index contributed by atoms with van der Waals surface area (Å²) < 4.78 is 9.95. The predicted molar refractivity (Wildman–Crippen MR) is 60.4 cm³/mol. The summed E-state index contributed by atoms with van der Waals surface area (Å²) in [7, 11) is 3.04. The van der Waals surface area contributed by atoms with Crippen molar-refractivity contribution in [2.45, 2.75) is 6.42 Å². The van der Waals surface area contributed by atoms with Gasteiger partial charge in [0, 0.05) is 11.8 Å². The highest BCUT2D eigenvalue weighted by molar-refractivity contribution is 9.09. The third-order valence-electron chi connectivity index (χ3n) is 1.55. The van der Waals surface area contributed by atoms with Gasteiger partial charge in [0.25, 0.3) is 0 Å². The van der Waals surface area contributed by atoms with Crippen molar-refractivity contribution in [3.8, 4) is 23.7 Å². The molecule has 4 nitrogen and oxygen atoms in total. The molecule has 0 saturated heterocycles. The average Bonchev–Trinajstić information content (AvgIpc) is 2.29. The molecule has 15 heavy (non-hydrogen) atoms. The van der Waals surface area contributed by atoms with Crippen LogP contribution in [0.3, 0.4) is 0 Å². The lowest BCUT2D eigenvalue weighted by Gasteiger charge is -2.02. The van der Waals surface area contributed by atoms with Crippen molar-refractivity contribution in [2.24, 2.45) is 0 Å². The summed E-state index contributed by atoms with van der Waals surface area (Å²) in [6, 6.07) is 0.276. The maximum atomic E-state index is 5.07. The monoisotopic (exact) mass is 270 g/mol. The number of aromatic nitrogens is 2. The van der Waals surface area contributed by atoms with Crippen LogP contribution in [0.1, 0.15) is 12.0 Å². The molecule has 1 aromatic rings. The van der Waals surface area contributed by atoms with E-state index >= 15 is 0 Å². The molecule has 0 atom stereocenters. The lowest BCUT2D eigenvalue weighted by Crippen LogP contribution is -1.97. The summed E-state index contributed by atoms with van der Waals surface area (Å²) in [5.74, 6) is 6.33. The van der Waals surface area contributed by atoms with Gasteiger partial charge in [0.1, 0.15) is 5.56 Å². The van der Waals surface area contributed by atoms with Crippen LogP contribution in [0.5, 0.6) is 11.9 Å². The molecule has 1 aromatic heterocycles. The van der Waals surface area contributed by atoms with Crippen molar-refractivity contribution in [1.82, 2.24) is 9.97 Å². The van der Waals surface area contributed by atoms with E-state index in [0.717, 1.165) is 11.8 Å². The van der Waals surface area contributed by atoms with Gasteiger partial charge < -0.3 is 9.47 Å². The Morgan fingerprint density at radius 2 is 2.20 bits per heavy atom. The van der Waals surface area contributed by atoms with Gasteiger partial charge in [-0.2, -0.15) is 4.98 Å². The fourth-order valence-electron chi connectivity index (χ4n) is 0.896. The van der Waals surface area contributed by atoms with Crippen LogP contribution in [-0.4, -0.2) is 29.5 Å². The van der Waals surface area contributed by atoms with Crippen molar-refractivity contribution >= 4 is 15.9 Å². The number of nitrogens with zero attached hydrogens (tertiary/aromatic N) is 2. The number of ether oxygens (including phenoxy) is 2. The molecule has 0 aromatic carbocycles. The van der Waals surface area contributed by atoms with Gasteiger partial charge in [-0.15, -0.1) is 0 Å². The van der Waals surface area contributed by atoms with E-state index < -0.39 is 0 Å². The zero-order valence-electron chi connectivity index (χ0n) is 8.58. The van der Waals surface area contributed by atoms with E-state index in [4.69, 9.17) is 9.47 Å². The van der Waals surface area contributed by atoms with Crippen LogP contribution >= 0.6 is 15.9 Å². The number of methoxy groups -OCH3 is 2. The molecule has 0 bridgehead atoms. The van der Waals surface area contributed by atoms with Gasteiger partial charge >= 0.3 is 6.01 Å². The highest BCUT2D eigenvalue weighted by Gasteiger charge is 2.04. The molecular weight excluding hydrogens is 260 g/mol. The highest BCUT2D eigenvalue weighted by atomic mass is 79.9. The van der Waals surface area contributed by atoms with Gasteiger partial charge in [-0.05, 0) is 0 Å². The largest absolute Gasteiger partial charge is 0.480 e. The molecule has 0 unspecified atom stereocenters. The van der Waals surface area contributed by atoms with Crippen molar-refractivity contribution in [1.29, 1.82) is 0 Å². The van der Waals surface area contributed by atoms with Crippen LogP contribution in [0.25, 0.3) is 0 Å². The molecule has 1 heterocycles. The first kappa shape index (κ1) is 11.8. The minimum atomic E-state index is 0.276. The van der Waals surface area contributed by atoms with Gasteiger partial charge in [-0.1, -0.05) is 27.8 Å². The molecule has 0 aliphatic rings. The van der Waals surface area contributed by atoms with E-state index in [-0.39, 0.29) is 6.01 Å².